The van der Waals surface area contributed by atoms with Gasteiger partial charge in [0, 0.05) is 49.1 Å². The van der Waals surface area contributed by atoms with Gasteiger partial charge in [-0.2, -0.15) is 4.31 Å². The molecule has 0 unspecified atom stereocenters. The molecule has 0 fully saturated rings. The summed E-state index contributed by atoms with van der Waals surface area (Å²) in [7, 11) is -0.473. The molecule has 0 radical (unpaired) electrons. The van der Waals surface area contributed by atoms with E-state index < -0.39 is 26.5 Å². The van der Waals surface area contributed by atoms with E-state index in [1.54, 1.807) is 36.4 Å². The summed E-state index contributed by atoms with van der Waals surface area (Å²) in [6.07, 6.45) is 0. The molecule has 0 aliphatic rings. The second-order valence-electron chi connectivity index (χ2n) is 9.23. The van der Waals surface area contributed by atoms with Gasteiger partial charge in [0.25, 0.3) is 5.91 Å². The van der Waals surface area contributed by atoms with Crippen LogP contribution in [0.1, 0.15) is 21.5 Å². The summed E-state index contributed by atoms with van der Waals surface area (Å²) in [6, 6.07) is 21.6. The van der Waals surface area contributed by atoms with Crippen LogP contribution in [0.15, 0.2) is 89.8 Å². The Morgan fingerprint density at radius 1 is 0.875 bits per heavy atom. The largest absolute Gasteiger partial charge is 0.505 e. The van der Waals surface area contributed by atoms with Crippen LogP contribution in [-0.2, 0) is 23.1 Å². The average Bonchev–Trinajstić information content (AvgIpc) is 2.92. The molecule has 0 atom stereocenters. The molecular formula is C29H26Cl2FN3O4S. The van der Waals surface area contributed by atoms with Gasteiger partial charge < -0.3 is 15.3 Å². The molecule has 0 heterocycles. The van der Waals surface area contributed by atoms with Crippen LogP contribution in [0.3, 0.4) is 0 Å². The first kappa shape index (κ1) is 29.4. The van der Waals surface area contributed by atoms with Crippen molar-refractivity contribution in [1.29, 1.82) is 0 Å². The number of benzene rings is 4. The molecule has 4 aromatic rings. The van der Waals surface area contributed by atoms with Gasteiger partial charge in [-0.05, 0) is 71.8 Å². The topological polar surface area (TPSA) is 90.0 Å². The first-order chi connectivity index (χ1) is 18.9. The Kier molecular flexibility index (Phi) is 9.00. The van der Waals surface area contributed by atoms with Gasteiger partial charge in [-0.3, -0.25) is 4.79 Å². The van der Waals surface area contributed by atoms with Crippen LogP contribution in [0, 0.1) is 5.82 Å². The number of hydrogen-bond donors (Lipinski definition) is 2. The van der Waals surface area contributed by atoms with Gasteiger partial charge in [-0.25, -0.2) is 12.8 Å². The van der Waals surface area contributed by atoms with Crippen LogP contribution in [0.25, 0.3) is 0 Å². The fraction of sp³-hybridized carbons (Fsp3) is 0.138. The molecule has 2 N–H and O–H groups in total. The zero-order valence-electron chi connectivity index (χ0n) is 21.6. The predicted octanol–water partition coefficient (Wildman–Crippen LogP) is 6.55. The van der Waals surface area contributed by atoms with Crippen molar-refractivity contribution in [2.45, 2.75) is 18.0 Å². The Morgan fingerprint density at radius 3 is 1.98 bits per heavy atom. The molecule has 0 bridgehead atoms. The number of phenolic OH excluding ortho intramolecular Hbond substituents is 1. The highest BCUT2D eigenvalue weighted by Crippen LogP contribution is 2.36. The molecule has 0 saturated carbocycles. The molecule has 208 valence electrons. The van der Waals surface area contributed by atoms with Crippen molar-refractivity contribution < 1.29 is 22.7 Å². The van der Waals surface area contributed by atoms with E-state index in [4.69, 9.17) is 23.2 Å². The van der Waals surface area contributed by atoms with Gasteiger partial charge >= 0.3 is 0 Å². The van der Waals surface area contributed by atoms with Gasteiger partial charge in [0.2, 0.25) is 10.0 Å². The first-order valence-electron chi connectivity index (χ1n) is 12.0. The lowest BCUT2D eigenvalue weighted by Crippen LogP contribution is -2.30. The molecular weight excluding hydrogens is 576 g/mol. The van der Waals surface area contributed by atoms with Crippen LogP contribution in [0.2, 0.25) is 10.0 Å². The number of halogens is 3. The normalized spacial score (nSPS) is 11.4. The SMILES string of the molecule is CN(C)c1ccc(NC(=O)c2ccc(CN(Cc3ccc(F)cc3)S(=O)(=O)c3cc(Cl)cc(Cl)c3O)cc2)cc1. The number of carbonyl (C=O) groups excluding carboxylic acids is 1. The van der Waals surface area contributed by atoms with E-state index in [0.717, 1.165) is 16.1 Å². The number of nitrogens with one attached hydrogen (secondary N) is 1. The van der Waals surface area contributed by atoms with Gasteiger partial charge in [-0.15, -0.1) is 0 Å². The third-order valence-corrected chi connectivity index (χ3v) is 8.41. The highest BCUT2D eigenvalue weighted by atomic mass is 35.5. The Labute approximate surface area is 242 Å². The highest BCUT2D eigenvalue weighted by Gasteiger charge is 2.29. The third kappa shape index (κ3) is 6.92. The molecule has 0 saturated heterocycles. The minimum absolute atomic E-state index is 0.0369. The van der Waals surface area contributed by atoms with Crippen molar-refractivity contribution in [3.05, 3.63) is 117 Å². The smallest absolute Gasteiger partial charge is 0.255 e. The third-order valence-electron chi connectivity index (χ3n) is 6.10. The van der Waals surface area contributed by atoms with Crippen molar-refractivity contribution >= 4 is 50.5 Å². The number of carbonyl (C=O) groups is 1. The summed E-state index contributed by atoms with van der Waals surface area (Å²) in [5.41, 5.74) is 3.11. The van der Waals surface area contributed by atoms with Crippen molar-refractivity contribution in [2.75, 3.05) is 24.3 Å². The molecule has 0 aliphatic carbocycles. The fourth-order valence-corrected chi connectivity index (χ4v) is 6.07. The van der Waals surface area contributed by atoms with E-state index in [9.17, 15) is 22.7 Å². The summed E-state index contributed by atoms with van der Waals surface area (Å²) >= 11 is 12.0. The monoisotopic (exact) mass is 601 g/mol. The zero-order chi connectivity index (χ0) is 29.0. The van der Waals surface area contributed by atoms with Crippen LogP contribution in [-0.4, -0.2) is 37.8 Å². The number of hydrogen-bond acceptors (Lipinski definition) is 5. The summed E-state index contributed by atoms with van der Waals surface area (Å²) in [5.74, 6) is -1.40. The summed E-state index contributed by atoms with van der Waals surface area (Å²) in [4.78, 5) is 14.3. The van der Waals surface area contributed by atoms with E-state index in [-0.39, 0.29) is 29.0 Å². The highest BCUT2D eigenvalue weighted by molar-refractivity contribution is 7.89. The predicted molar refractivity (Wildman–Crippen MR) is 156 cm³/mol. The summed E-state index contributed by atoms with van der Waals surface area (Å²) in [6.45, 7) is -0.242. The maximum atomic E-state index is 13.7. The number of anilines is 2. The zero-order valence-corrected chi connectivity index (χ0v) is 23.9. The Balaban J connectivity index is 1.58. The van der Waals surface area contributed by atoms with Gasteiger partial charge in [0.05, 0.1) is 5.02 Å². The van der Waals surface area contributed by atoms with Crippen LogP contribution in [0.5, 0.6) is 5.75 Å². The Hall–Kier alpha value is -3.63. The van der Waals surface area contributed by atoms with Crippen LogP contribution >= 0.6 is 23.2 Å². The van der Waals surface area contributed by atoms with Crippen LogP contribution in [0.4, 0.5) is 15.8 Å². The van der Waals surface area contributed by atoms with E-state index >= 15 is 0 Å². The lowest BCUT2D eigenvalue weighted by atomic mass is 10.1. The molecule has 0 spiro atoms. The quantitative estimate of drug-likeness (QED) is 0.227. The molecule has 4 rings (SSSR count). The molecule has 7 nitrogen and oxygen atoms in total. The first-order valence-corrected chi connectivity index (χ1v) is 14.2. The van der Waals surface area contributed by atoms with Gasteiger partial charge in [0.1, 0.15) is 10.7 Å². The van der Waals surface area contributed by atoms with E-state index in [1.165, 1.54) is 30.3 Å². The molecule has 11 heteroatoms. The lowest BCUT2D eigenvalue weighted by molar-refractivity contribution is 0.102. The van der Waals surface area contributed by atoms with Gasteiger partial charge in [-0.1, -0.05) is 47.5 Å². The van der Waals surface area contributed by atoms with Gasteiger partial charge in [0.15, 0.2) is 5.75 Å². The van der Waals surface area contributed by atoms with Crippen molar-refractivity contribution in [2.24, 2.45) is 0 Å². The van der Waals surface area contributed by atoms with Crippen molar-refractivity contribution in [3.63, 3.8) is 0 Å². The number of nitrogens with zero attached hydrogens (tertiary/aromatic N) is 2. The van der Waals surface area contributed by atoms with E-state index in [0.29, 0.717) is 22.4 Å². The van der Waals surface area contributed by atoms with Crippen molar-refractivity contribution in [1.82, 2.24) is 4.31 Å². The number of sulfonamides is 1. The minimum Gasteiger partial charge on any atom is -0.505 e. The van der Waals surface area contributed by atoms with Crippen LogP contribution < -0.4 is 10.2 Å². The van der Waals surface area contributed by atoms with E-state index in [2.05, 4.69) is 5.32 Å². The summed E-state index contributed by atoms with van der Waals surface area (Å²) < 4.78 is 42.0. The second-order valence-corrected chi connectivity index (χ2v) is 12.0. The van der Waals surface area contributed by atoms with Crippen molar-refractivity contribution in [3.8, 4) is 5.75 Å². The molecule has 0 aromatic heterocycles. The second kappa shape index (κ2) is 12.3. The Morgan fingerprint density at radius 2 is 1.43 bits per heavy atom. The maximum Gasteiger partial charge on any atom is 0.255 e. The maximum absolute atomic E-state index is 13.7. The number of amides is 1. The Bertz CT molecular complexity index is 1610. The lowest BCUT2D eigenvalue weighted by Gasteiger charge is -2.23. The molecule has 4 aromatic carbocycles. The molecule has 40 heavy (non-hydrogen) atoms. The number of phenols is 1. The number of rotatable bonds is 9. The summed E-state index contributed by atoms with van der Waals surface area (Å²) in [5, 5.41) is 13.1. The average molecular weight is 603 g/mol. The molecule has 1 amide bonds. The number of aromatic hydroxyl groups is 1. The molecule has 0 aliphatic heterocycles. The van der Waals surface area contributed by atoms with E-state index in [1.807, 2.05) is 31.1 Å². The minimum atomic E-state index is -4.32. The standard InChI is InChI=1S/C29H26Cl2FN3O4S/c1-34(2)25-13-11-24(12-14-25)33-29(37)21-7-3-19(4-8-21)17-35(18-20-5-9-23(32)10-6-20)40(38,39)27-16-22(30)15-26(31)28(27)36/h3-16,36H,17-18H2,1-2H3,(H,33,37). The fourth-order valence-electron chi connectivity index (χ4n) is 3.91.